The molecular weight excluding hydrogens is 685 g/mol. The SMILES string of the molecule is CCCN(Cc1ncc(-c2ccc3c(c2)OCn2c-3cc3cc(-c4cnc([C@@H]5CCCN5C(=O)[C@@H](NC(=O)OC)C(C)C)[nH]4)ccc32)[nH]1)C(=O)CC(C)C. The highest BCUT2D eigenvalue weighted by atomic mass is 16.5. The number of aromatic nitrogens is 5. The first-order valence-corrected chi connectivity index (χ1v) is 19.0. The number of aromatic amines is 2. The van der Waals surface area contributed by atoms with Gasteiger partial charge in [-0.3, -0.25) is 9.59 Å². The fourth-order valence-corrected chi connectivity index (χ4v) is 7.61. The van der Waals surface area contributed by atoms with Crippen molar-refractivity contribution in [2.45, 2.75) is 85.7 Å². The van der Waals surface area contributed by atoms with Crippen LogP contribution in [0.25, 0.3) is 44.7 Å². The van der Waals surface area contributed by atoms with E-state index in [4.69, 9.17) is 14.5 Å². The van der Waals surface area contributed by atoms with E-state index >= 15 is 0 Å². The molecule has 0 unspecified atom stereocenters. The van der Waals surface area contributed by atoms with E-state index in [-0.39, 0.29) is 23.8 Å². The zero-order valence-corrected chi connectivity index (χ0v) is 31.9. The zero-order chi connectivity index (χ0) is 38.1. The van der Waals surface area contributed by atoms with Crippen LogP contribution in [0, 0.1) is 11.8 Å². The molecule has 5 heterocycles. The fraction of sp³-hybridized carbons (Fsp3) is 0.439. The molecule has 1 saturated heterocycles. The van der Waals surface area contributed by atoms with Crippen LogP contribution in [0.2, 0.25) is 0 Å². The number of nitrogens with one attached hydrogen (secondary N) is 3. The van der Waals surface area contributed by atoms with Gasteiger partial charge in [-0.15, -0.1) is 0 Å². The molecule has 2 aromatic carbocycles. The minimum absolute atomic E-state index is 0.103. The van der Waals surface area contributed by atoms with Crippen molar-refractivity contribution in [3.8, 4) is 39.5 Å². The van der Waals surface area contributed by atoms with Crippen molar-refractivity contribution >= 4 is 28.8 Å². The zero-order valence-electron chi connectivity index (χ0n) is 31.9. The molecule has 7 rings (SSSR count). The van der Waals surface area contributed by atoms with Gasteiger partial charge in [-0.05, 0) is 61.4 Å². The fourth-order valence-electron chi connectivity index (χ4n) is 7.61. The first-order valence-electron chi connectivity index (χ1n) is 19.0. The molecule has 13 nitrogen and oxygen atoms in total. The van der Waals surface area contributed by atoms with Crippen LogP contribution in [0.1, 0.15) is 78.0 Å². The van der Waals surface area contributed by atoms with Gasteiger partial charge in [0.05, 0.1) is 54.7 Å². The highest BCUT2D eigenvalue weighted by Gasteiger charge is 2.37. The Hall–Kier alpha value is -5.59. The number of nitrogens with zero attached hydrogens (tertiary/aromatic N) is 5. The topological polar surface area (TPSA) is 150 Å². The predicted octanol–water partition coefficient (Wildman–Crippen LogP) is 7.27. The van der Waals surface area contributed by atoms with Crippen LogP contribution in [0.4, 0.5) is 4.79 Å². The van der Waals surface area contributed by atoms with Crippen molar-refractivity contribution in [3.05, 3.63) is 66.5 Å². The first-order chi connectivity index (χ1) is 26.0. The molecule has 2 atom stereocenters. The summed E-state index contributed by atoms with van der Waals surface area (Å²) in [6.45, 7) is 12.2. The van der Waals surface area contributed by atoms with Gasteiger partial charge in [-0.1, -0.05) is 46.8 Å². The van der Waals surface area contributed by atoms with E-state index in [9.17, 15) is 14.4 Å². The van der Waals surface area contributed by atoms with Crippen LogP contribution in [0.5, 0.6) is 5.75 Å². The van der Waals surface area contributed by atoms with Crippen LogP contribution in [-0.2, 0) is 27.6 Å². The molecule has 54 heavy (non-hydrogen) atoms. The molecule has 0 radical (unpaired) electrons. The van der Waals surface area contributed by atoms with Crippen LogP contribution in [-0.4, -0.2) is 78.5 Å². The van der Waals surface area contributed by atoms with E-state index in [2.05, 4.69) is 82.0 Å². The standard InChI is InChI=1S/C41H50N8O5/c1-7-14-47(37(50)16-24(2)3)22-36-42-20-30(44-36)27-10-12-29-34-18-28-17-26(11-13-32(28)49(34)23-54-35(29)19-27)31-21-43-39(45-31)33-9-8-15-48(33)40(51)38(25(4)5)46-41(52)53-6/h10-13,17-21,24-25,33,38H,7-9,14-16,22-23H2,1-6H3,(H,42,44)(H,43,45)(H,46,52)/t33-,38-/m0/s1. The number of benzene rings is 2. The van der Waals surface area contributed by atoms with Crippen molar-refractivity contribution in [3.63, 3.8) is 0 Å². The number of imidazole rings is 2. The average Bonchev–Trinajstić information content (AvgIpc) is 3.98. The molecule has 1 fully saturated rings. The van der Waals surface area contributed by atoms with E-state index in [1.165, 1.54) is 7.11 Å². The van der Waals surface area contributed by atoms with E-state index < -0.39 is 12.1 Å². The van der Waals surface area contributed by atoms with Crippen LogP contribution >= 0.6 is 0 Å². The molecule has 0 aliphatic carbocycles. The third-order valence-electron chi connectivity index (χ3n) is 10.4. The highest BCUT2D eigenvalue weighted by molar-refractivity contribution is 5.92. The third kappa shape index (κ3) is 7.31. The maximum atomic E-state index is 13.6. The minimum atomic E-state index is -0.686. The molecule has 13 heteroatoms. The summed E-state index contributed by atoms with van der Waals surface area (Å²) in [6, 6.07) is 13.8. The van der Waals surface area contributed by atoms with Gasteiger partial charge in [0, 0.05) is 41.6 Å². The third-order valence-corrected chi connectivity index (χ3v) is 10.4. The number of H-pyrrole nitrogens is 2. The van der Waals surface area contributed by atoms with Gasteiger partial charge < -0.3 is 39.1 Å². The Morgan fingerprint density at radius 2 is 1.78 bits per heavy atom. The van der Waals surface area contributed by atoms with E-state index in [1.807, 2.05) is 42.1 Å². The Morgan fingerprint density at radius 3 is 2.54 bits per heavy atom. The van der Waals surface area contributed by atoms with E-state index in [0.717, 1.165) is 81.3 Å². The Balaban J connectivity index is 1.09. The second-order valence-electron chi connectivity index (χ2n) is 15.1. The Bertz CT molecular complexity index is 2160. The normalized spacial score (nSPS) is 15.6. The molecule has 0 spiro atoms. The van der Waals surface area contributed by atoms with Gasteiger partial charge in [0.1, 0.15) is 23.4 Å². The van der Waals surface area contributed by atoms with E-state index in [0.29, 0.717) is 38.7 Å². The molecule has 3 N–H and O–H groups in total. The predicted molar refractivity (Wildman–Crippen MR) is 206 cm³/mol. The Kier molecular flexibility index (Phi) is 10.5. The number of ether oxygens (including phenoxy) is 2. The molecule has 5 aromatic rings. The number of carbonyl (C=O) groups is 3. The number of carbonyl (C=O) groups excluding carboxylic acids is 3. The molecular formula is C41H50N8O5. The van der Waals surface area contributed by atoms with Crippen molar-refractivity contribution < 1.29 is 23.9 Å². The van der Waals surface area contributed by atoms with Gasteiger partial charge in [0.25, 0.3) is 0 Å². The summed E-state index contributed by atoms with van der Waals surface area (Å²) in [5, 5.41) is 3.78. The summed E-state index contributed by atoms with van der Waals surface area (Å²) >= 11 is 0. The maximum absolute atomic E-state index is 13.6. The van der Waals surface area contributed by atoms with Gasteiger partial charge >= 0.3 is 6.09 Å². The van der Waals surface area contributed by atoms with Crippen molar-refractivity contribution in [2.24, 2.45) is 11.8 Å². The number of alkyl carbamates (subject to hydrolysis) is 1. The number of hydrogen-bond acceptors (Lipinski definition) is 7. The summed E-state index contributed by atoms with van der Waals surface area (Å²) in [5.74, 6) is 2.51. The molecule has 284 valence electrons. The lowest BCUT2D eigenvalue weighted by atomic mass is 10.0. The maximum Gasteiger partial charge on any atom is 0.407 e. The van der Waals surface area contributed by atoms with Gasteiger partial charge in [-0.2, -0.15) is 0 Å². The lowest BCUT2D eigenvalue weighted by Crippen LogP contribution is -2.51. The van der Waals surface area contributed by atoms with Crippen molar-refractivity contribution in [2.75, 3.05) is 20.2 Å². The van der Waals surface area contributed by atoms with Crippen LogP contribution < -0.4 is 10.1 Å². The Morgan fingerprint density at radius 1 is 1.02 bits per heavy atom. The second-order valence-corrected chi connectivity index (χ2v) is 15.1. The largest absolute Gasteiger partial charge is 0.472 e. The van der Waals surface area contributed by atoms with Gasteiger partial charge in [0.15, 0.2) is 6.73 Å². The average molecular weight is 735 g/mol. The molecule has 0 saturated carbocycles. The quantitative estimate of drug-likeness (QED) is 0.122. The number of fused-ring (bicyclic) bond motifs is 5. The number of hydrogen-bond donors (Lipinski definition) is 3. The van der Waals surface area contributed by atoms with E-state index in [1.54, 1.807) is 0 Å². The number of methoxy groups -OCH3 is 1. The molecule has 3 aromatic heterocycles. The summed E-state index contributed by atoms with van der Waals surface area (Å²) in [6.07, 6.45) is 6.08. The number of amides is 3. The second kappa shape index (κ2) is 15.4. The minimum Gasteiger partial charge on any atom is -0.472 e. The van der Waals surface area contributed by atoms with Crippen LogP contribution in [0.15, 0.2) is 54.9 Å². The highest BCUT2D eigenvalue weighted by Crippen LogP contribution is 2.41. The summed E-state index contributed by atoms with van der Waals surface area (Å²) in [5.41, 5.74) is 6.84. The lowest BCUT2D eigenvalue weighted by molar-refractivity contribution is -0.135. The van der Waals surface area contributed by atoms with Crippen LogP contribution in [0.3, 0.4) is 0 Å². The summed E-state index contributed by atoms with van der Waals surface area (Å²) in [4.78, 5) is 58.4. The number of rotatable bonds is 12. The summed E-state index contributed by atoms with van der Waals surface area (Å²) in [7, 11) is 1.30. The Labute approximate surface area is 315 Å². The monoisotopic (exact) mass is 734 g/mol. The van der Waals surface area contributed by atoms with Crippen molar-refractivity contribution in [1.29, 1.82) is 0 Å². The molecule has 2 aliphatic rings. The molecule has 2 aliphatic heterocycles. The van der Waals surface area contributed by atoms with Gasteiger partial charge in [0.2, 0.25) is 11.8 Å². The number of likely N-dealkylation sites (tertiary alicyclic amines) is 1. The van der Waals surface area contributed by atoms with Gasteiger partial charge in [-0.25, -0.2) is 14.8 Å². The lowest BCUT2D eigenvalue weighted by Gasteiger charge is -2.30. The first kappa shape index (κ1) is 36.8. The molecule has 0 bridgehead atoms. The smallest absolute Gasteiger partial charge is 0.407 e. The molecule has 3 amide bonds. The summed E-state index contributed by atoms with van der Waals surface area (Å²) < 4.78 is 13.3. The van der Waals surface area contributed by atoms with Crippen molar-refractivity contribution in [1.82, 2.24) is 39.6 Å².